The molecule has 0 aliphatic heterocycles. The average Bonchev–Trinajstić information content (AvgIpc) is 3.55. The van der Waals surface area contributed by atoms with Gasteiger partial charge in [-0.1, -0.05) is 129 Å². The Balaban J connectivity index is 1.56. The van der Waals surface area contributed by atoms with Crippen LogP contribution < -0.4 is 9.47 Å². The van der Waals surface area contributed by atoms with E-state index < -0.39 is 0 Å². The van der Waals surface area contributed by atoms with Gasteiger partial charge in [-0.2, -0.15) is 0 Å². The van der Waals surface area contributed by atoms with Crippen LogP contribution in [0.5, 0.6) is 11.8 Å². The minimum Gasteiger partial charge on any atom is -0.477 e. The highest BCUT2D eigenvalue weighted by atomic mass is 32.1. The molecule has 0 radical (unpaired) electrons. The zero-order valence-electron chi connectivity index (χ0n) is 23.2. The van der Waals surface area contributed by atoms with Crippen molar-refractivity contribution in [3.05, 3.63) is 11.0 Å². The second-order valence-electron chi connectivity index (χ2n) is 10.0. The fourth-order valence-corrected chi connectivity index (χ4v) is 6.11. The SMILES string of the molecule is CCCCCCCCCCCCOc1ncsc1-c1scnc1OCCCCCCCCCCCC. The quantitative estimate of drug-likeness (QED) is 0.118. The van der Waals surface area contributed by atoms with Gasteiger partial charge in [-0.25, -0.2) is 9.97 Å². The first kappa shape index (κ1) is 31.1. The van der Waals surface area contributed by atoms with Crippen LogP contribution in [0.2, 0.25) is 0 Å². The first-order valence-electron chi connectivity index (χ1n) is 15.0. The summed E-state index contributed by atoms with van der Waals surface area (Å²) in [6, 6.07) is 0. The van der Waals surface area contributed by atoms with Gasteiger partial charge in [0.2, 0.25) is 11.8 Å². The summed E-state index contributed by atoms with van der Waals surface area (Å²) >= 11 is 3.24. The Morgan fingerprint density at radius 2 is 0.778 bits per heavy atom. The number of nitrogens with zero attached hydrogens (tertiary/aromatic N) is 2. The van der Waals surface area contributed by atoms with E-state index in [9.17, 15) is 0 Å². The molecule has 0 atom stereocenters. The van der Waals surface area contributed by atoms with Crippen molar-refractivity contribution in [3.63, 3.8) is 0 Å². The van der Waals surface area contributed by atoms with Crippen LogP contribution in [0.25, 0.3) is 9.75 Å². The molecule has 0 fully saturated rings. The predicted octanol–water partition coefficient (Wildman–Crippen LogP) is 10.9. The van der Waals surface area contributed by atoms with Crippen molar-refractivity contribution < 1.29 is 9.47 Å². The molecule has 4 nitrogen and oxygen atoms in total. The lowest BCUT2D eigenvalue weighted by Gasteiger charge is -2.08. The molecule has 0 bridgehead atoms. The average molecular weight is 537 g/mol. The van der Waals surface area contributed by atoms with E-state index in [2.05, 4.69) is 23.8 Å². The Bertz CT molecular complexity index is 685. The third kappa shape index (κ3) is 14.0. The summed E-state index contributed by atoms with van der Waals surface area (Å²) in [7, 11) is 0. The second-order valence-corrected chi connectivity index (χ2v) is 11.7. The van der Waals surface area contributed by atoms with Crippen molar-refractivity contribution in [2.24, 2.45) is 0 Å². The Labute approximate surface area is 229 Å². The van der Waals surface area contributed by atoms with Gasteiger partial charge in [0.15, 0.2) is 0 Å². The molecule has 36 heavy (non-hydrogen) atoms. The number of unbranched alkanes of at least 4 members (excludes halogenated alkanes) is 18. The molecular weight excluding hydrogens is 484 g/mol. The van der Waals surface area contributed by atoms with Gasteiger partial charge in [0.05, 0.1) is 24.2 Å². The Kier molecular flexibility index (Phi) is 18.9. The molecule has 0 saturated carbocycles. The van der Waals surface area contributed by atoms with E-state index in [1.165, 1.54) is 116 Å². The third-order valence-electron chi connectivity index (χ3n) is 6.75. The van der Waals surface area contributed by atoms with Crippen LogP contribution in [0.1, 0.15) is 142 Å². The Morgan fingerprint density at radius 3 is 1.11 bits per heavy atom. The van der Waals surface area contributed by atoms with Gasteiger partial charge >= 0.3 is 0 Å². The zero-order valence-corrected chi connectivity index (χ0v) is 24.9. The van der Waals surface area contributed by atoms with Crippen molar-refractivity contribution in [2.75, 3.05) is 13.2 Å². The summed E-state index contributed by atoms with van der Waals surface area (Å²) in [5.41, 5.74) is 3.74. The van der Waals surface area contributed by atoms with E-state index in [0.29, 0.717) is 0 Å². The molecule has 2 rings (SSSR count). The maximum atomic E-state index is 6.06. The van der Waals surface area contributed by atoms with Crippen molar-refractivity contribution in [3.8, 4) is 21.5 Å². The van der Waals surface area contributed by atoms with E-state index in [-0.39, 0.29) is 0 Å². The predicted molar refractivity (Wildman–Crippen MR) is 158 cm³/mol. The van der Waals surface area contributed by atoms with Gasteiger partial charge < -0.3 is 9.47 Å². The highest BCUT2D eigenvalue weighted by Crippen LogP contribution is 2.41. The number of thiazole rings is 2. The van der Waals surface area contributed by atoms with E-state index in [0.717, 1.165) is 47.6 Å². The lowest BCUT2D eigenvalue weighted by molar-refractivity contribution is 0.292. The summed E-state index contributed by atoms with van der Waals surface area (Å²) < 4.78 is 12.1. The van der Waals surface area contributed by atoms with Gasteiger partial charge in [-0.15, -0.1) is 22.7 Å². The first-order valence-corrected chi connectivity index (χ1v) is 16.8. The molecular formula is C30H52N2O2S2. The molecule has 0 aliphatic rings. The molecule has 0 unspecified atom stereocenters. The molecule has 0 N–H and O–H groups in total. The van der Waals surface area contributed by atoms with Crippen molar-refractivity contribution in [2.45, 2.75) is 142 Å². The second kappa shape index (κ2) is 21.9. The molecule has 0 aliphatic carbocycles. The molecule has 0 aromatic carbocycles. The molecule has 2 aromatic rings. The number of aromatic nitrogens is 2. The summed E-state index contributed by atoms with van der Waals surface area (Å²) in [4.78, 5) is 11.1. The van der Waals surface area contributed by atoms with Crippen LogP contribution in [-0.4, -0.2) is 23.2 Å². The number of hydrogen-bond donors (Lipinski definition) is 0. The molecule has 0 saturated heterocycles. The minimum absolute atomic E-state index is 0.737. The molecule has 0 amide bonds. The van der Waals surface area contributed by atoms with Gasteiger partial charge in [0.25, 0.3) is 0 Å². The zero-order chi connectivity index (χ0) is 25.5. The van der Waals surface area contributed by atoms with E-state index >= 15 is 0 Å². The minimum atomic E-state index is 0.737. The third-order valence-corrected chi connectivity index (χ3v) is 8.53. The van der Waals surface area contributed by atoms with Crippen LogP contribution in [0.15, 0.2) is 11.0 Å². The largest absolute Gasteiger partial charge is 0.477 e. The maximum Gasteiger partial charge on any atom is 0.233 e. The van der Waals surface area contributed by atoms with Crippen molar-refractivity contribution in [1.29, 1.82) is 0 Å². The number of hydrogen-bond acceptors (Lipinski definition) is 6. The summed E-state index contributed by atoms with van der Waals surface area (Å²) in [5, 5.41) is 0. The number of ether oxygens (including phenoxy) is 2. The van der Waals surface area contributed by atoms with Crippen molar-refractivity contribution >= 4 is 22.7 Å². The van der Waals surface area contributed by atoms with Crippen LogP contribution in [0.3, 0.4) is 0 Å². The molecule has 6 heteroatoms. The van der Waals surface area contributed by atoms with Crippen LogP contribution in [0, 0.1) is 0 Å². The Morgan fingerprint density at radius 1 is 0.472 bits per heavy atom. The lowest BCUT2D eigenvalue weighted by atomic mass is 10.1. The van der Waals surface area contributed by atoms with Gasteiger partial charge in [0.1, 0.15) is 9.75 Å². The smallest absolute Gasteiger partial charge is 0.233 e. The monoisotopic (exact) mass is 536 g/mol. The molecule has 2 heterocycles. The van der Waals surface area contributed by atoms with E-state index in [4.69, 9.17) is 9.47 Å². The molecule has 2 aromatic heterocycles. The number of rotatable bonds is 25. The van der Waals surface area contributed by atoms with Gasteiger partial charge in [0, 0.05) is 0 Å². The standard InChI is InChI=1S/C30H52N2O2S2/c1-3-5-7-9-11-13-15-17-19-21-23-33-29-27(35-25-31-29)28-30(32-26-36-28)34-24-22-20-18-16-14-12-10-8-6-4-2/h25-26H,3-24H2,1-2H3. The maximum absolute atomic E-state index is 6.06. The van der Waals surface area contributed by atoms with Crippen LogP contribution >= 0.6 is 22.7 Å². The Hall–Kier alpha value is -1.14. The fourth-order valence-electron chi connectivity index (χ4n) is 4.50. The van der Waals surface area contributed by atoms with Crippen molar-refractivity contribution in [1.82, 2.24) is 9.97 Å². The highest BCUT2D eigenvalue weighted by Gasteiger charge is 2.18. The van der Waals surface area contributed by atoms with Gasteiger partial charge in [-0.05, 0) is 12.8 Å². The fraction of sp³-hybridized carbons (Fsp3) is 0.800. The summed E-state index contributed by atoms with van der Waals surface area (Å²) in [5.74, 6) is 1.48. The molecule has 206 valence electrons. The highest BCUT2D eigenvalue weighted by molar-refractivity contribution is 7.20. The molecule has 0 spiro atoms. The van der Waals surface area contributed by atoms with E-state index in [1.54, 1.807) is 22.7 Å². The van der Waals surface area contributed by atoms with E-state index in [1.807, 2.05) is 11.0 Å². The summed E-state index contributed by atoms with van der Waals surface area (Å²) in [6.07, 6.45) is 26.7. The van der Waals surface area contributed by atoms with Crippen LogP contribution in [-0.2, 0) is 0 Å². The lowest BCUT2D eigenvalue weighted by Crippen LogP contribution is -2.00. The van der Waals surface area contributed by atoms with Gasteiger partial charge in [-0.3, -0.25) is 0 Å². The topological polar surface area (TPSA) is 44.2 Å². The van der Waals surface area contributed by atoms with Crippen LogP contribution in [0.4, 0.5) is 0 Å². The summed E-state index contributed by atoms with van der Waals surface area (Å²) in [6.45, 7) is 6.03. The first-order chi connectivity index (χ1) is 17.9. The normalized spacial score (nSPS) is 11.3.